The summed E-state index contributed by atoms with van der Waals surface area (Å²) in [6, 6.07) is 0. The summed E-state index contributed by atoms with van der Waals surface area (Å²) in [5.41, 5.74) is 0.123. The Kier molecular flexibility index (Phi) is 7.41. The van der Waals surface area contributed by atoms with E-state index in [1.807, 2.05) is 0 Å². The third-order valence-corrected chi connectivity index (χ3v) is 6.78. The van der Waals surface area contributed by atoms with E-state index >= 15 is 0 Å². The molecule has 3 saturated carbocycles. The molecule has 0 aromatic rings. The number of carbonyl (C=O) groups excluding carboxylic acids is 2. The van der Waals surface area contributed by atoms with E-state index in [1.54, 1.807) is 0 Å². The second-order valence-electron chi connectivity index (χ2n) is 10.4. The fourth-order valence-corrected chi connectivity index (χ4v) is 5.17. The number of carbonyl (C=O) groups is 2. The highest BCUT2D eigenvalue weighted by Gasteiger charge is 2.51. The molecule has 0 aromatic heterocycles. The molecule has 0 saturated heterocycles. The molecule has 2 bridgehead atoms. The van der Waals surface area contributed by atoms with Crippen molar-refractivity contribution in [3.8, 4) is 0 Å². The first kappa shape index (κ1) is 21.6. The van der Waals surface area contributed by atoms with Gasteiger partial charge in [0.2, 0.25) is 0 Å². The van der Waals surface area contributed by atoms with Gasteiger partial charge in [0, 0.05) is 12.3 Å². The molecule has 5 nitrogen and oxygen atoms in total. The van der Waals surface area contributed by atoms with Crippen LogP contribution < -0.4 is 0 Å². The van der Waals surface area contributed by atoms with Gasteiger partial charge in [0.1, 0.15) is 6.10 Å². The van der Waals surface area contributed by atoms with E-state index in [-0.39, 0.29) is 42.1 Å². The van der Waals surface area contributed by atoms with Crippen molar-refractivity contribution in [2.75, 3.05) is 13.4 Å². The highest BCUT2D eigenvalue weighted by atomic mass is 16.7. The van der Waals surface area contributed by atoms with E-state index in [9.17, 15) is 9.59 Å². The van der Waals surface area contributed by atoms with Gasteiger partial charge in [-0.15, -0.1) is 0 Å². The summed E-state index contributed by atoms with van der Waals surface area (Å²) < 4.78 is 16.8. The highest BCUT2D eigenvalue weighted by Crippen LogP contribution is 2.50. The van der Waals surface area contributed by atoms with Crippen molar-refractivity contribution in [3.05, 3.63) is 0 Å². The Balaban J connectivity index is 1.37. The molecule has 28 heavy (non-hydrogen) atoms. The van der Waals surface area contributed by atoms with Crippen LogP contribution in [0.5, 0.6) is 0 Å². The molecule has 5 heteroatoms. The van der Waals surface area contributed by atoms with Crippen molar-refractivity contribution in [2.45, 2.75) is 91.1 Å². The number of hydrogen-bond acceptors (Lipinski definition) is 5. The van der Waals surface area contributed by atoms with Gasteiger partial charge < -0.3 is 14.2 Å². The molecule has 0 aliphatic heterocycles. The first-order valence-electron chi connectivity index (χ1n) is 11.3. The van der Waals surface area contributed by atoms with Crippen molar-refractivity contribution in [3.63, 3.8) is 0 Å². The lowest BCUT2D eigenvalue weighted by molar-refractivity contribution is -0.169. The fourth-order valence-electron chi connectivity index (χ4n) is 5.17. The quantitative estimate of drug-likeness (QED) is 0.334. The molecule has 0 radical (unpaired) electrons. The molecular formula is C23H38O5. The zero-order chi connectivity index (χ0) is 20.1. The number of hydrogen-bond donors (Lipinski definition) is 0. The minimum Gasteiger partial charge on any atom is -0.462 e. The van der Waals surface area contributed by atoms with Gasteiger partial charge in [-0.05, 0) is 55.8 Å². The maximum Gasteiger partial charge on any atom is 0.311 e. The largest absolute Gasteiger partial charge is 0.462 e. The van der Waals surface area contributed by atoms with Gasteiger partial charge >= 0.3 is 11.9 Å². The van der Waals surface area contributed by atoms with Crippen molar-refractivity contribution < 1.29 is 23.8 Å². The van der Waals surface area contributed by atoms with Crippen LogP contribution in [-0.4, -0.2) is 31.4 Å². The van der Waals surface area contributed by atoms with Crippen LogP contribution in [0.1, 0.15) is 85.0 Å². The summed E-state index contributed by atoms with van der Waals surface area (Å²) in [5, 5.41) is 0. The Morgan fingerprint density at radius 2 is 1.75 bits per heavy atom. The van der Waals surface area contributed by atoms with Crippen LogP contribution in [0, 0.1) is 29.1 Å². The van der Waals surface area contributed by atoms with E-state index in [1.165, 1.54) is 32.1 Å². The zero-order valence-electron chi connectivity index (χ0n) is 17.9. The predicted molar refractivity (Wildman–Crippen MR) is 106 cm³/mol. The highest BCUT2D eigenvalue weighted by molar-refractivity contribution is 5.74. The van der Waals surface area contributed by atoms with Crippen molar-refractivity contribution in [1.82, 2.24) is 0 Å². The Bertz CT molecular complexity index is 532. The van der Waals surface area contributed by atoms with E-state index in [4.69, 9.17) is 14.2 Å². The lowest BCUT2D eigenvalue weighted by Gasteiger charge is -2.28. The Labute approximate surface area is 169 Å². The maximum absolute atomic E-state index is 12.5. The predicted octanol–water partition coefficient (Wildman–Crippen LogP) is 4.87. The second-order valence-corrected chi connectivity index (χ2v) is 10.4. The van der Waals surface area contributed by atoms with E-state index < -0.39 is 0 Å². The SMILES string of the molecule is CC(C)(C)CCC(=O)OC1CC2CC(C(=O)OCOCC3CCCCC3)C1C2. The van der Waals surface area contributed by atoms with Crippen molar-refractivity contribution in [2.24, 2.45) is 29.1 Å². The monoisotopic (exact) mass is 394 g/mol. The average Bonchev–Trinajstić information content (AvgIpc) is 3.24. The maximum atomic E-state index is 12.5. The summed E-state index contributed by atoms with van der Waals surface area (Å²) >= 11 is 0. The molecule has 4 unspecified atom stereocenters. The minimum atomic E-state index is -0.174. The van der Waals surface area contributed by atoms with E-state index in [0.29, 0.717) is 24.9 Å². The molecule has 3 aliphatic carbocycles. The van der Waals surface area contributed by atoms with Gasteiger partial charge in [-0.3, -0.25) is 9.59 Å². The molecule has 0 heterocycles. The zero-order valence-corrected chi connectivity index (χ0v) is 17.9. The summed E-state index contributed by atoms with van der Waals surface area (Å²) in [4.78, 5) is 24.7. The van der Waals surface area contributed by atoms with Gasteiger partial charge in [0.15, 0.2) is 6.79 Å². The Morgan fingerprint density at radius 3 is 2.43 bits per heavy atom. The molecule has 0 N–H and O–H groups in total. The standard InChI is InChI=1S/C23H38O5/c1-23(2,3)10-9-21(24)28-20-13-17-11-18(20)19(12-17)22(25)27-15-26-14-16-7-5-4-6-8-16/h16-20H,4-15H2,1-3H3. The summed E-state index contributed by atoms with van der Waals surface area (Å²) in [6.45, 7) is 7.12. The van der Waals surface area contributed by atoms with Crippen LogP contribution in [0.25, 0.3) is 0 Å². The lowest BCUT2D eigenvalue weighted by atomic mass is 9.86. The molecule has 0 aromatic carbocycles. The first-order chi connectivity index (χ1) is 13.3. The van der Waals surface area contributed by atoms with Crippen LogP contribution in [-0.2, 0) is 23.8 Å². The molecule has 4 atom stereocenters. The molecule has 0 spiro atoms. The molecule has 0 amide bonds. The van der Waals surface area contributed by atoms with Crippen LogP contribution >= 0.6 is 0 Å². The van der Waals surface area contributed by atoms with E-state index in [2.05, 4.69) is 20.8 Å². The van der Waals surface area contributed by atoms with Gasteiger partial charge in [0.05, 0.1) is 12.5 Å². The Morgan fingerprint density at radius 1 is 1.00 bits per heavy atom. The van der Waals surface area contributed by atoms with Crippen LogP contribution in [0.3, 0.4) is 0 Å². The minimum absolute atomic E-state index is 0.0548. The normalized spacial score (nSPS) is 30.4. The molecule has 3 fully saturated rings. The van der Waals surface area contributed by atoms with Crippen molar-refractivity contribution >= 4 is 11.9 Å². The van der Waals surface area contributed by atoms with Crippen LogP contribution in [0.15, 0.2) is 0 Å². The molecular weight excluding hydrogens is 356 g/mol. The van der Waals surface area contributed by atoms with Gasteiger partial charge in [-0.1, -0.05) is 40.0 Å². The van der Waals surface area contributed by atoms with Crippen LogP contribution in [0.4, 0.5) is 0 Å². The number of rotatable bonds is 8. The van der Waals surface area contributed by atoms with Crippen LogP contribution in [0.2, 0.25) is 0 Å². The second kappa shape index (κ2) is 9.60. The van der Waals surface area contributed by atoms with Crippen molar-refractivity contribution in [1.29, 1.82) is 0 Å². The first-order valence-corrected chi connectivity index (χ1v) is 11.3. The van der Waals surface area contributed by atoms with Gasteiger partial charge in [-0.25, -0.2) is 0 Å². The van der Waals surface area contributed by atoms with Gasteiger partial charge in [0.25, 0.3) is 0 Å². The number of ether oxygens (including phenoxy) is 3. The average molecular weight is 395 g/mol. The molecule has 3 rings (SSSR count). The lowest BCUT2D eigenvalue weighted by Crippen LogP contribution is -2.34. The summed E-state index contributed by atoms with van der Waals surface area (Å²) in [7, 11) is 0. The third-order valence-electron chi connectivity index (χ3n) is 6.78. The topological polar surface area (TPSA) is 61.8 Å². The smallest absolute Gasteiger partial charge is 0.311 e. The summed E-state index contributed by atoms with van der Waals surface area (Å²) in [5.74, 6) is 0.770. The molecule has 3 aliphatic rings. The Hall–Kier alpha value is -1.10. The van der Waals surface area contributed by atoms with Gasteiger partial charge in [-0.2, -0.15) is 0 Å². The fraction of sp³-hybridized carbons (Fsp3) is 0.913. The number of fused-ring (bicyclic) bond motifs is 2. The number of esters is 2. The third kappa shape index (κ3) is 6.20. The summed E-state index contributed by atoms with van der Waals surface area (Å²) in [6.07, 6.45) is 10.2. The molecule has 160 valence electrons. The van der Waals surface area contributed by atoms with E-state index in [0.717, 1.165) is 25.7 Å².